The molecule has 0 bridgehead atoms. The zero-order valence-electron chi connectivity index (χ0n) is 13.4. The first-order valence-corrected chi connectivity index (χ1v) is 8.99. The molecule has 120 valence electrons. The van der Waals surface area contributed by atoms with Crippen LogP contribution in [0.5, 0.6) is 0 Å². The minimum absolute atomic E-state index is 0.895. The fourth-order valence-electron chi connectivity index (χ4n) is 3.05. The van der Waals surface area contributed by atoms with Crippen LogP contribution in [0.4, 0.5) is 5.69 Å². The van der Waals surface area contributed by atoms with Crippen molar-refractivity contribution < 1.29 is 0 Å². The highest BCUT2D eigenvalue weighted by molar-refractivity contribution is 8.08. The summed E-state index contributed by atoms with van der Waals surface area (Å²) in [5.74, 6) is 0.895. The highest BCUT2D eigenvalue weighted by Gasteiger charge is 2.22. The van der Waals surface area contributed by atoms with Crippen LogP contribution in [0.25, 0.3) is 21.6 Å². The molecule has 5 rings (SSSR count). The number of H-pyrrole nitrogens is 1. The van der Waals surface area contributed by atoms with Crippen molar-refractivity contribution in [3.05, 3.63) is 90.3 Å². The number of aromatic amines is 1. The van der Waals surface area contributed by atoms with E-state index in [4.69, 9.17) is 4.98 Å². The molecular weight excluding hydrogens is 326 g/mol. The number of anilines is 1. The number of rotatable bonds is 2. The van der Waals surface area contributed by atoms with Crippen LogP contribution in [0.1, 0.15) is 11.4 Å². The Morgan fingerprint density at radius 3 is 2.40 bits per heavy atom. The highest BCUT2D eigenvalue weighted by Crippen LogP contribution is 2.46. The molecule has 0 saturated heterocycles. The lowest BCUT2D eigenvalue weighted by Gasteiger charge is -2.23. The van der Waals surface area contributed by atoms with Crippen LogP contribution in [0.15, 0.2) is 83.8 Å². The van der Waals surface area contributed by atoms with Gasteiger partial charge in [-0.15, -0.1) is 0 Å². The van der Waals surface area contributed by atoms with Crippen LogP contribution in [0.2, 0.25) is 0 Å². The summed E-state index contributed by atoms with van der Waals surface area (Å²) in [5.41, 5.74) is 5.41. The number of thioether (sulfide) groups is 1. The van der Waals surface area contributed by atoms with E-state index in [0.717, 1.165) is 38.7 Å². The molecule has 0 unspecified atom stereocenters. The van der Waals surface area contributed by atoms with Crippen LogP contribution >= 0.6 is 11.8 Å². The first-order valence-electron chi connectivity index (χ1n) is 8.17. The minimum atomic E-state index is 0.895. The van der Waals surface area contributed by atoms with Crippen LogP contribution in [0, 0.1) is 0 Å². The van der Waals surface area contributed by atoms with Crippen molar-refractivity contribution >= 4 is 39.1 Å². The van der Waals surface area contributed by atoms with Crippen molar-refractivity contribution in [3.8, 4) is 0 Å². The van der Waals surface area contributed by atoms with E-state index in [1.54, 1.807) is 11.8 Å². The van der Waals surface area contributed by atoms with Gasteiger partial charge in [-0.25, -0.2) is 4.98 Å². The molecule has 0 spiro atoms. The molecule has 2 heterocycles. The summed E-state index contributed by atoms with van der Waals surface area (Å²) >= 11 is 1.75. The van der Waals surface area contributed by atoms with E-state index in [9.17, 15) is 0 Å². The maximum atomic E-state index is 4.81. The monoisotopic (exact) mass is 341 g/mol. The number of aromatic nitrogens is 2. The van der Waals surface area contributed by atoms with Gasteiger partial charge in [0.05, 0.1) is 27.3 Å². The first kappa shape index (κ1) is 14.4. The molecule has 1 aliphatic heterocycles. The number of benzene rings is 3. The third-order valence-electron chi connectivity index (χ3n) is 4.25. The molecule has 3 aromatic carbocycles. The van der Waals surface area contributed by atoms with Crippen molar-refractivity contribution in [2.75, 3.05) is 5.32 Å². The number of nitrogens with zero attached hydrogens (tertiary/aromatic N) is 1. The Kier molecular flexibility index (Phi) is 3.35. The fraction of sp³-hybridized carbons (Fsp3) is 0. The highest BCUT2D eigenvalue weighted by atomic mass is 32.2. The molecule has 3 nitrogen and oxygen atoms in total. The topological polar surface area (TPSA) is 40.7 Å². The number of hydrogen-bond donors (Lipinski definition) is 2. The largest absolute Gasteiger partial charge is 0.353 e. The number of imidazole rings is 1. The summed E-state index contributed by atoms with van der Waals surface area (Å²) < 4.78 is 0. The Morgan fingerprint density at radius 1 is 0.760 bits per heavy atom. The quantitative estimate of drug-likeness (QED) is 0.498. The van der Waals surface area contributed by atoms with Crippen molar-refractivity contribution in [2.45, 2.75) is 4.90 Å². The molecule has 4 heteroatoms. The van der Waals surface area contributed by atoms with Gasteiger partial charge >= 0.3 is 0 Å². The van der Waals surface area contributed by atoms with Gasteiger partial charge in [-0.3, -0.25) is 0 Å². The molecule has 1 aromatic heterocycles. The van der Waals surface area contributed by atoms with Crippen LogP contribution in [-0.2, 0) is 0 Å². The van der Waals surface area contributed by atoms with Gasteiger partial charge in [0, 0.05) is 4.90 Å². The summed E-state index contributed by atoms with van der Waals surface area (Å²) in [6, 6.07) is 26.9. The van der Waals surface area contributed by atoms with E-state index in [1.807, 2.05) is 24.3 Å². The van der Waals surface area contributed by atoms with Crippen molar-refractivity contribution in [1.82, 2.24) is 9.97 Å². The van der Waals surface area contributed by atoms with Gasteiger partial charge in [-0.05, 0) is 29.8 Å². The molecule has 0 saturated carbocycles. The van der Waals surface area contributed by atoms with E-state index in [2.05, 4.69) is 64.9 Å². The molecule has 0 amide bonds. The Morgan fingerprint density at radius 2 is 1.52 bits per heavy atom. The predicted octanol–water partition coefficient (Wildman–Crippen LogP) is 5.61. The Bertz CT molecular complexity index is 1060. The summed E-state index contributed by atoms with van der Waals surface area (Å²) in [7, 11) is 0. The second-order valence-electron chi connectivity index (χ2n) is 5.90. The third kappa shape index (κ3) is 2.51. The van der Waals surface area contributed by atoms with Gasteiger partial charge in [0.1, 0.15) is 5.82 Å². The van der Waals surface area contributed by atoms with Crippen molar-refractivity contribution in [3.63, 3.8) is 0 Å². The number of para-hydroxylation sites is 3. The molecule has 0 aliphatic carbocycles. The van der Waals surface area contributed by atoms with Crippen LogP contribution in [-0.4, -0.2) is 9.97 Å². The molecule has 0 atom stereocenters. The molecule has 1 aliphatic rings. The van der Waals surface area contributed by atoms with Crippen LogP contribution < -0.4 is 5.32 Å². The van der Waals surface area contributed by atoms with Gasteiger partial charge < -0.3 is 10.3 Å². The zero-order chi connectivity index (χ0) is 16.6. The summed E-state index contributed by atoms with van der Waals surface area (Å²) in [5, 5.41) is 3.60. The lowest BCUT2D eigenvalue weighted by Crippen LogP contribution is -2.07. The normalized spacial score (nSPS) is 13.6. The van der Waals surface area contributed by atoms with Gasteiger partial charge in [0.15, 0.2) is 0 Å². The summed E-state index contributed by atoms with van der Waals surface area (Å²) in [6.07, 6.45) is 0. The van der Waals surface area contributed by atoms with Gasteiger partial charge in [0.25, 0.3) is 0 Å². The second kappa shape index (κ2) is 5.83. The van der Waals surface area contributed by atoms with Crippen LogP contribution in [0.3, 0.4) is 0 Å². The lowest BCUT2D eigenvalue weighted by atomic mass is 10.1. The third-order valence-corrected chi connectivity index (χ3v) is 5.43. The van der Waals surface area contributed by atoms with E-state index in [0.29, 0.717) is 0 Å². The molecular formula is C21H15N3S. The molecule has 25 heavy (non-hydrogen) atoms. The number of fused-ring (bicyclic) bond motifs is 2. The lowest BCUT2D eigenvalue weighted by molar-refractivity contribution is 1.28. The SMILES string of the molecule is c1ccc(C2=C(c3nc4ccccc4[nH]3)Sc3ccccc3N2)cc1. The number of nitrogens with one attached hydrogen (secondary N) is 2. The Labute approximate surface area is 149 Å². The average molecular weight is 341 g/mol. The molecule has 0 fully saturated rings. The second-order valence-corrected chi connectivity index (χ2v) is 6.95. The Hall–Kier alpha value is -2.98. The summed E-state index contributed by atoms with van der Waals surface area (Å²) in [4.78, 5) is 10.6. The average Bonchev–Trinajstić information content (AvgIpc) is 3.12. The van der Waals surface area contributed by atoms with Gasteiger partial charge in [-0.1, -0.05) is 66.4 Å². The summed E-state index contributed by atoms with van der Waals surface area (Å²) in [6.45, 7) is 0. The van der Waals surface area contributed by atoms with Crippen molar-refractivity contribution in [2.24, 2.45) is 0 Å². The predicted molar refractivity (Wildman–Crippen MR) is 105 cm³/mol. The van der Waals surface area contributed by atoms with E-state index in [1.165, 1.54) is 4.90 Å². The molecule has 4 aromatic rings. The first-order chi connectivity index (χ1) is 12.4. The maximum Gasteiger partial charge on any atom is 0.147 e. The minimum Gasteiger partial charge on any atom is -0.353 e. The smallest absolute Gasteiger partial charge is 0.147 e. The molecule has 2 N–H and O–H groups in total. The standard InChI is InChI=1S/C21H15N3S/c1-2-8-14(9-3-1)19-20(25-18-13-7-6-12-17(18)22-19)21-23-15-10-4-5-11-16(15)24-21/h1-13,22H,(H,23,24). The Balaban J connectivity index is 1.72. The van der Waals surface area contributed by atoms with E-state index >= 15 is 0 Å². The van der Waals surface area contributed by atoms with E-state index in [-0.39, 0.29) is 0 Å². The zero-order valence-corrected chi connectivity index (χ0v) is 14.2. The van der Waals surface area contributed by atoms with Crippen molar-refractivity contribution in [1.29, 1.82) is 0 Å². The maximum absolute atomic E-state index is 4.81. The fourth-order valence-corrected chi connectivity index (χ4v) is 4.11. The van der Waals surface area contributed by atoms with E-state index < -0.39 is 0 Å². The van der Waals surface area contributed by atoms with Gasteiger partial charge in [-0.2, -0.15) is 0 Å². The number of hydrogen-bond acceptors (Lipinski definition) is 3. The molecule has 0 radical (unpaired) electrons. The van der Waals surface area contributed by atoms with Gasteiger partial charge in [0.2, 0.25) is 0 Å².